The Bertz CT molecular complexity index is 1430. The van der Waals surface area contributed by atoms with Crippen LogP contribution < -0.4 is 14.8 Å². The van der Waals surface area contributed by atoms with E-state index in [4.69, 9.17) is 21.1 Å². The van der Waals surface area contributed by atoms with E-state index < -0.39 is 21.9 Å². The molecular formula is C27H28ClN3O7S. The average Bonchev–Trinajstić information content (AvgIpc) is 2.93. The summed E-state index contributed by atoms with van der Waals surface area (Å²) < 4.78 is 37.5. The number of ether oxygens (including phenoxy) is 2. The number of hydrogen-bond acceptors (Lipinski definition) is 8. The number of halogens is 1. The summed E-state index contributed by atoms with van der Waals surface area (Å²) in [4.78, 5) is 40.6. The second-order valence-corrected chi connectivity index (χ2v) is 10.4. The van der Waals surface area contributed by atoms with Gasteiger partial charge in [0.2, 0.25) is 0 Å². The second kappa shape index (κ2) is 13.7. The van der Waals surface area contributed by atoms with Crippen LogP contribution in [0.25, 0.3) is 0 Å². The number of amides is 2. The van der Waals surface area contributed by atoms with Crippen molar-refractivity contribution in [1.82, 2.24) is 15.0 Å². The van der Waals surface area contributed by atoms with Crippen molar-refractivity contribution in [1.29, 1.82) is 0 Å². The number of carbonyl (C=O) groups is 3. The van der Waals surface area contributed by atoms with Crippen LogP contribution in [0.15, 0.2) is 65.7 Å². The van der Waals surface area contributed by atoms with Gasteiger partial charge in [0.05, 0.1) is 34.8 Å². The number of methoxy groups -OCH3 is 1. The maximum absolute atomic E-state index is 12.7. The lowest BCUT2D eigenvalue weighted by Gasteiger charge is -2.10. The first-order valence-electron chi connectivity index (χ1n) is 12.1. The van der Waals surface area contributed by atoms with Crippen molar-refractivity contribution in [3.63, 3.8) is 0 Å². The molecule has 2 amide bonds. The molecule has 1 heterocycles. The van der Waals surface area contributed by atoms with Gasteiger partial charge in [-0.2, -0.15) is 0 Å². The lowest BCUT2D eigenvalue weighted by atomic mass is 10.1. The van der Waals surface area contributed by atoms with Gasteiger partial charge in [-0.15, -0.1) is 0 Å². The van der Waals surface area contributed by atoms with E-state index in [-0.39, 0.29) is 40.8 Å². The molecule has 10 nitrogen and oxygen atoms in total. The maximum atomic E-state index is 12.7. The van der Waals surface area contributed by atoms with E-state index in [0.29, 0.717) is 17.2 Å². The molecule has 206 valence electrons. The Balaban J connectivity index is 1.54. The van der Waals surface area contributed by atoms with Gasteiger partial charge in [-0.25, -0.2) is 22.9 Å². The van der Waals surface area contributed by atoms with Crippen molar-refractivity contribution in [3.8, 4) is 5.75 Å². The Labute approximate surface area is 231 Å². The molecule has 2 aromatic carbocycles. The standard InChI is InChI=1S/C27H28ClN3O7S/c1-3-4-15-38-27(34)24-12-7-19(17-30-24)25(32)31-39(35,36)21-9-5-18(6-10-21)13-14-29-26(33)22-16-20(37-2)8-11-23(22)28/h5-12,16-17H,3-4,13-15H2,1-2H3,(H,29,33)(H,31,32). The van der Waals surface area contributed by atoms with Gasteiger partial charge in [0.25, 0.3) is 21.8 Å². The van der Waals surface area contributed by atoms with Crippen LogP contribution in [0, 0.1) is 0 Å². The van der Waals surface area contributed by atoms with Gasteiger partial charge in [0.15, 0.2) is 0 Å². The van der Waals surface area contributed by atoms with Crippen LogP contribution in [-0.2, 0) is 21.2 Å². The van der Waals surface area contributed by atoms with E-state index in [1.807, 2.05) is 11.6 Å². The van der Waals surface area contributed by atoms with E-state index in [0.717, 1.165) is 24.6 Å². The van der Waals surface area contributed by atoms with E-state index in [9.17, 15) is 22.8 Å². The number of aromatic nitrogens is 1. The summed E-state index contributed by atoms with van der Waals surface area (Å²) in [6.07, 6.45) is 3.13. The molecule has 0 aliphatic heterocycles. The highest BCUT2D eigenvalue weighted by Gasteiger charge is 2.20. The third-order valence-corrected chi connectivity index (χ3v) is 7.22. The van der Waals surface area contributed by atoms with Gasteiger partial charge in [-0.05, 0) is 60.9 Å². The average molecular weight is 574 g/mol. The quantitative estimate of drug-likeness (QED) is 0.246. The maximum Gasteiger partial charge on any atom is 0.356 e. The molecule has 3 aromatic rings. The molecule has 0 bridgehead atoms. The summed E-state index contributed by atoms with van der Waals surface area (Å²) in [5.74, 6) is -1.37. The van der Waals surface area contributed by atoms with Crippen molar-refractivity contribution in [3.05, 3.63) is 88.2 Å². The highest BCUT2D eigenvalue weighted by atomic mass is 35.5. The monoisotopic (exact) mass is 573 g/mol. The molecule has 2 N–H and O–H groups in total. The number of carbonyl (C=O) groups excluding carboxylic acids is 3. The van der Waals surface area contributed by atoms with E-state index in [1.165, 1.54) is 31.4 Å². The molecule has 39 heavy (non-hydrogen) atoms. The number of rotatable bonds is 12. The lowest BCUT2D eigenvalue weighted by molar-refractivity contribution is 0.0492. The Morgan fingerprint density at radius 2 is 1.74 bits per heavy atom. The van der Waals surface area contributed by atoms with Gasteiger partial charge >= 0.3 is 5.97 Å². The smallest absolute Gasteiger partial charge is 0.356 e. The topological polar surface area (TPSA) is 141 Å². The van der Waals surface area contributed by atoms with Gasteiger partial charge in [-0.1, -0.05) is 37.1 Å². The fraction of sp³-hybridized carbons (Fsp3) is 0.259. The van der Waals surface area contributed by atoms with Crippen molar-refractivity contribution in [2.24, 2.45) is 0 Å². The van der Waals surface area contributed by atoms with E-state index >= 15 is 0 Å². The fourth-order valence-electron chi connectivity index (χ4n) is 3.33. The first kappa shape index (κ1) is 29.6. The van der Waals surface area contributed by atoms with Crippen LogP contribution >= 0.6 is 11.6 Å². The molecule has 0 atom stereocenters. The minimum Gasteiger partial charge on any atom is -0.497 e. The first-order valence-corrected chi connectivity index (χ1v) is 13.9. The molecule has 0 radical (unpaired) electrons. The van der Waals surface area contributed by atoms with Crippen LogP contribution in [0.5, 0.6) is 5.75 Å². The number of unbranched alkanes of at least 4 members (excludes halogenated alkanes) is 1. The zero-order valence-corrected chi connectivity index (χ0v) is 23.0. The molecule has 0 aliphatic rings. The zero-order valence-electron chi connectivity index (χ0n) is 21.4. The molecule has 0 saturated carbocycles. The van der Waals surface area contributed by atoms with Crippen molar-refractivity contribution >= 4 is 39.4 Å². The van der Waals surface area contributed by atoms with Crippen LogP contribution in [0.2, 0.25) is 5.02 Å². The predicted octanol–water partition coefficient (Wildman–Crippen LogP) is 3.79. The minimum atomic E-state index is -4.16. The molecule has 0 saturated heterocycles. The zero-order chi connectivity index (χ0) is 28.4. The number of hydrogen-bond donors (Lipinski definition) is 2. The van der Waals surface area contributed by atoms with Gasteiger partial charge in [0.1, 0.15) is 11.4 Å². The van der Waals surface area contributed by atoms with Crippen molar-refractivity contribution < 1.29 is 32.3 Å². The molecule has 3 rings (SSSR count). The molecule has 1 aromatic heterocycles. The van der Waals surface area contributed by atoms with Crippen LogP contribution in [0.3, 0.4) is 0 Å². The normalized spacial score (nSPS) is 10.9. The third kappa shape index (κ3) is 8.26. The van der Waals surface area contributed by atoms with Crippen LogP contribution in [0.4, 0.5) is 0 Å². The van der Waals surface area contributed by atoms with E-state index in [2.05, 4.69) is 10.3 Å². The number of sulfonamides is 1. The Hall–Kier alpha value is -3.96. The van der Waals surface area contributed by atoms with Gasteiger partial charge < -0.3 is 14.8 Å². The third-order valence-electron chi connectivity index (χ3n) is 5.54. The minimum absolute atomic E-state index is 0.0175. The summed E-state index contributed by atoms with van der Waals surface area (Å²) in [6, 6.07) is 13.3. The molecule has 0 fully saturated rings. The van der Waals surface area contributed by atoms with Crippen LogP contribution in [-0.4, -0.2) is 51.4 Å². The summed E-state index contributed by atoms with van der Waals surface area (Å²) in [5, 5.41) is 3.06. The van der Waals surface area contributed by atoms with E-state index in [1.54, 1.807) is 30.3 Å². The first-order chi connectivity index (χ1) is 18.6. The summed E-state index contributed by atoms with van der Waals surface area (Å²) in [5.41, 5.74) is 1.03. The highest BCUT2D eigenvalue weighted by Crippen LogP contribution is 2.22. The van der Waals surface area contributed by atoms with Gasteiger partial charge in [-0.3, -0.25) is 9.59 Å². The molecule has 0 spiro atoms. The highest BCUT2D eigenvalue weighted by molar-refractivity contribution is 7.90. The molecule has 0 aliphatic carbocycles. The summed E-state index contributed by atoms with van der Waals surface area (Å²) >= 11 is 6.09. The number of nitrogens with one attached hydrogen (secondary N) is 2. The number of pyridine rings is 1. The summed E-state index contributed by atoms with van der Waals surface area (Å²) in [6.45, 7) is 2.51. The lowest BCUT2D eigenvalue weighted by Crippen LogP contribution is -2.30. The predicted molar refractivity (Wildman–Crippen MR) is 145 cm³/mol. The largest absolute Gasteiger partial charge is 0.497 e. The molecular weight excluding hydrogens is 546 g/mol. The number of nitrogens with zero attached hydrogens (tertiary/aromatic N) is 1. The Morgan fingerprint density at radius 3 is 2.38 bits per heavy atom. The Morgan fingerprint density at radius 1 is 1.00 bits per heavy atom. The SMILES string of the molecule is CCCCOC(=O)c1ccc(C(=O)NS(=O)(=O)c2ccc(CCNC(=O)c3cc(OC)ccc3Cl)cc2)cn1. The van der Waals surface area contributed by atoms with Gasteiger partial charge in [0, 0.05) is 12.7 Å². The van der Waals surface area contributed by atoms with Crippen molar-refractivity contribution in [2.75, 3.05) is 20.3 Å². The second-order valence-electron chi connectivity index (χ2n) is 8.35. The van der Waals surface area contributed by atoms with Crippen molar-refractivity contribution in [2.45, 2.75) is 31.1 Å². The molecule has 12 heteroatoms. The molecule has 0 unspecified atom stereocenters. The fourth-order valence-corrected chi connectivity index (χ4v) is 4.51. The summed E-state index contributed by atoms with van der Waals surface area (Å²) in [7, 11) is -2.67. The number of esters is 1. The van der Waals surface area contributed by atoms with Crippen LogP contribution in [0.1, 0.15) is 56.5 Å². The number of benzene rings is 2. The Kier molecular flexibility index (Phi) is 10.4.